The van der Waals surface area contributed by atoms with Gasteiger partial charge in [0.25, 0.3) is 15.7 Å². The van der Waals surface area contributed by atoms with Crippen LogP contribution in [0.4, 0.5) is 5.69 Å². The van der Waals surface area contributed by atoms with Gasteiger partial charge in [-0.3, -0.25) is 10.1 Å². The Bertz CT molecular complexity index is 873. The Labute approximate surface area is 139 Å². The zero-order valence-electron chi connectivity index (χ0n) is 12.8. The Hall–Kier alpha value is -3.00. The number of nitrogens with one attached hydrogen (secondary N) is 1. The van der Waals surface area contributed by atoms with E-state index in [1.807, 2.05) is 6.07 Å². The van der Waals surface area contributed by atoms with Crippen LogP contribution >= 0.6 is 0 Å². The Morgan fingerprint density at radius 2 is 1.75 bits per heavy atom. The Morgan fingerprint density at radius 1 is 1.12 bits per heavy atom. The van der Waals surface area contributed by atoms with Crippen molar-refractivity contribution in [3.8, 4) is 0 Å². The first-order valence-corrected chi connectivity index (χ1v) is 8.42. The van der Waals surface area contributed by atoms with Gasteiger partial charge in [0.15, 0.2) is 0 Å². The van der Waals surface area contributed by atoms with Crippen LogP contribution in [0.15, 0.2) is 64.4 Å². The molecule has 2 aromatic rings. The van der Waals surface area contributed by atoms with Gasteiger partial charge in [0.05, 0.1) is 10.3 Å². The topological polar surface area (TPSA) is 102 Å². The van der Waals surface area contributed by atoms with Crippen molar-refractivity contribution in [3.05, 3.63) is 81.2 Å². The normalized spacial score (nSPS) is 12.3. The van der Waals surface area contributed by atoms with Crippen LogP contribution in [0.3, 0.4) is 0 Å². The molecule has 0 aliphatic carbocycles. The first-order chi connectivity index (χ1) is 11.4. The van der Waals surface area contributed by atoms with E-state index in [1.165, 1.54) is 30.3 Å². The molecule has 24 heavy (non-hydrogen) atoms. The molecule has 2 aromatic carbocycles. The summed E-state index contributed by atoms with van der Waals surface area (Å²) < 4.78 is 27.9. The van der Waals surface area contributed by atoms with Gasteiger partial charge >= 0.3 is 0 Å². The molecular weight excluding hydrogens is 330 g/mol. The van der Waals surface area contributed by atoms with E-state index in [1.54, 1.807) is 31.3 Å². The van der Waals surface area contributed by atoms with Crippen LogP contribution in [-0.4, -0.2) is 26.2 Å². The largest absolute Gasteiger partial charge is 0.372 e. The lowest BCUT2D eigenvalue weighted by Gasteiger charge is -2.04. The van der Waals surface area contributed by atoms with Crippen LogP contribution < -0.4 is 5.32 Å². The minimum atomic E-state index is -3.85. The van der Waals surface area contributed by atoms with Crippen LogP contribution in [0.25, 0.3) is 6.08 Å². The molecular formula is C16H15N3O4S. The summed E-state index contributed by atoms with van der Waals surface area (Å²) >= 11 is 0. The molecule has 0 atom stereocenters. The van der Waals surface area contributed by atoms with E-state index in [9.17, 15) is 18.5 Å². The molecule has 0 saturated heterocycles. The molecule has 1 N–H and O–H groups in total. The van der Waals surface area contributed by atoms with Crippen LogP contribution in [0, 0.1) is 10.1 Å². The summed E-state index contributed by atoms with van der Waals surface area (Å²) in [4.78, 5) is 10.1. The lowest BCUT2D eigenvalue weighted by molar-refractivity contribution is -0.384. The number of nitro benzene ring substituents is 1. The summed E-state index contributed by atoms with van der Waals surface area (Å²) in [6, 6.07) is 14.4. The van der Waals surface area contributed by atoms with Crippen molar-refractivity contribution < 1.29 is 13.3 Å². The van der Waals surface area contributed by atoms with Crippen molar-refractivity contribution >= 4 is 27.6 Å². The highest BCUT2D eigenvalue weighted by atomic mass is 32.2. The third-order valence-electron chi connectivity index (χ3n) is 3.04. The maximum absolute atomic E-state index is 12.1. The number of sulfonamides is 1. The molecule has 124 valence electrons. The van der Waals surface area contributed by atoms with Gasteiger partial charge in [-0.2, -0.15) is 8.42 Å². The number of hydrogen-bond acceptors (Lipinski definition) is 4. The smallest absolute Gasteiger partial charge is 0.277 e. The number of rotatable bonds is 5. The molecule has 7 nitrogen and oxygen atoms in total. The van der Waals surface area contributed by atoms with Gasteiger partial charge in [-0.05, 0) is 23.8 Å². The molecule has 0 fully saturated rings. The van der Waals surface area contributed by atoms with Gasteiger partial charge in [0.1, 0.15) is 5.84 Å². The van der Waals surface area contributed by atoms with Crippen molar-refractivity contribution in [2.75, 3.05) is 7.05 Å². The van der Waals surface area contributed by atoms with E-state index in [0.29, 0.717) is 11.1 Å². The quantitative estimate of drug-likeness (QED) is 0.388. The molecule has 0 amide bonds. The van der Waals surface area contributed by atoms with Gasteiger partial charge < -0.3 is 5.32 Å². The van der Waals surface area contributed by atoms with Gasteiger partial charge in [-0.15, -0.1) is 4.40 Å². The van der Waals surface area contributed by atoms with E-state index in [-0.39, 0.29) is 11.5 Å². The molecule has 0 radical (unpaired) electrons. The van der Waals surface area contributed by atoms with Crippen LogP contribution in [0.1, 0.15) is 11.1 Å². The molecule has 0 bridgehead atoms. The molecule has 0 heterocycles. The predicted octanol–water partition coefficient (Wildman–Crippen LogP) is 2.56. The average Bonchev–Trinajstić information content (AvgIpc) is 2.59. The first kappa shape index (κ1) is 17.4. The number of nitro groups is 1. The predicted molar refractivity (Wildman–Crippen MR) is 93.1 cm³/mol. The Balaban J connectivity index is 2.23. The number of amidine groups is 1. The lowest BCUT2D eigenvalue weighted by atomic mass is 10.2. The zero-order chi connectivity index (χ0) is 17.6. The van der Waals surface area contributed by atoms with E-state index < -0.39 is 14.9 Å². The standard InChI is InChI=1S/C16H15N3O4S/c1-17-16(14-5-3-2-4-6-14)18-24(22,23)12-11-13-7-9-15(10-8-13)19(20)21/h2-12H,1H3,(H,17,18)/b12-11+. The highest BCUT2D eigenvalue weighted by Crippen LogP contribution is 2.14. The summed E-state index contributed by atoms with van der Waals surface area (Å²) in [6.45, 7) is 0. The van der Waals surface area contributed by atoms with Crippen molar-refractivity contribution in [1.82, 2.24) is 5.32 Å². The van der Waals surface area contributed by atoms with E-state index in [0.717, 1.165) is 5.41 Å². The van der Waals surface area contributed by atoms with Gasteiger partial charge in [-0.25, -0.2) is 0 Å². The summed E-state index contributed by atoms with van der Waals surface area (Å²) in [6.07, 6.45) is 1.33. The molecule has 8 heteroatoms. The van der Waals surface area contributed by atoms with E-state index in [4.69, 9.17) is 0 Å². The Kier molecular flexibility index (Phi) is 5.43. The minimum absolute atomic E-state index is 0.0606. The summed E-state index contributed by atoms with van der Waals surface area (Å²) in [7, 11) is -2.27. The number of hydrogen-bond donors (Lipinski definition) is 1. The molecule has 0 aliphatic rings. The van der Waals surface area contributed by atoms with Crippen LogP contribution in [0.5, 0.6) is 0 Å². The number of nitrogens with zero attached hydrogens (tertiary/aromatic N) is 2. The lowest BCUT2D eigenvalue weighted by Crippen LogP contribution is -2.20. The first-order valence-electron chi connectivity index (χ1n) is 6.92. The van der Waals surface area contributed by atoms with Crippen LogP contribution in [0.2, 0.25) is 0 Å². The average molecular weight is 345 g/mol. The van der Waals surface area contributed by atoms with Crippen LogP contribution in [-0.2, 0) is 10.0 Å². The fourth-order valence-electron chi connectivity index (χ4n) is 1.87. The second kappa shape index (κ2) is 7.51. The van der Waals surface area contributed by atoms with Crippen molar-refractivity contribution in [1.29, 1.82) is 0 Å². The number of benzene rings is 2. The molecule has 0 aliphatic heterocycles. The van der Waals surface area contributed by atoms with E-state index in [2.05, 4.69) is 9.71 Å². The molecule has 2 rings (SSSR count). The van der Waals surface area contributed by atoms with Crippen molar-refractivity contribution in [2.45, 2.75) is 0 Å². The highest BCUT2D eigenvalue weighted by molar-refractivity contribution is 7.93. The zero-order valence-corrected chi connectivity index (χ0v) is 13.6. The highest BCUT2D eigenvalue weighted by Gasteiger charge is 2.08. The minimum Gasteiger partial charge on any atom is -0.372 e. The molecule has 0 unspecified atom stereocenters. The van der Waals surface area contributed by atoms with Crippen molar-refractivity contribution in [2.24, 2.45) is 4.40 Å². The molecule has 0 spiro atoms. The SMILES string of the molecule is CN/C(=N\S(=O)(=O)/C=C/c1ccc([N+](=O)[O-])cc1)c1ccccc1. The Morgan fingerprint density at radius 3 is 2.29 bits per heavy atom. The second-order valence-electron chi connectivity index (χ2n) is 4.72. The van der Waals surface area contributed by atoms with Gasteiger partial charge in [0, 0.05) is 24.7 Å². The number of non-ortho nitro benzene ring substituents is 1. The molecule has 0 saturated carbocycles. The maximum atomic E-state index is 12.1. The summed E-state index contributed by atoms with van der Waals surface area (Å²) in [5.74, 6) is 0.226. The summed E-state index contributed by atoms with van der Waals surface area (Å²) in [5.41, 5.74) is 1.10. The monoisotopic (exact) mass is 345 g/mol. The maximum Gasteiger partial charge on any atom is 0.277 e. The summed E-state index contributed by atoms with van der Waals surface area (Å²) in [5, 5.41) is 14.3. The molecule has 0 aromatic heterocycles. The fraction of sp³-hybridized carbons (Fsp3) is 0.0625. The van der Waals surface area contributed by atoms with Crippen molar-refractivity contribution in [3.63, 3.8) is 0 Å². The van der Waals surface area contributed by atoms with Gasteiger partial charge in [-0.1, -0.05) is 30.3 Å². The third kappa shape index (κ3) is 4.75. The fourth-order valence-corrected chi connectivity index (χ4v) is 2.71. The van der Waals surface area contributed by atoms with E-state index >= 15 is 0 Å². The third-order valence-corrected chi connectivity index (χ3v) is 3.96. The second-order valence-corrected chi connectivity index (χ2v) is 6.21. The van der Waals surface area contributed by atoms with Gasteiger partial charge in [0.2, 0.25) is 0 Å².